The highest BCUT2D eigenvalue weighted by atomic mass is 16.5. The highest BCUT2D eigenvalue weighted by molar-refractivity contribution is 5.54. The number of phenolic OH excluding ortho intramolecular Hbond substituents is 2. The van der Waals surface area contributed by atoms with Gasteiger partial charge >= 0.3 is 0 Å². The molecule has 7 aromatic rings. The summed E-state index contributed by atoms with van der Waals surface area (Å²) in [6.45, 7) is 11.7. The Morgan fingerprint density at radius 2 is 0.774 bits per heavy atom. The van der Waals surface area contributed by atoms with Gasteiger partial charge in [0.25, 0.3) is 0 Å². The minimum Gasteiger partial charge on any atom is -0.508 e. The molecule has 2 aliphatic heterocycles. The lowest BCUT2D eigenvalue weighted by Crippen LogP contribution is -2.32. The van der Waals surface area contributed by atoms with Crippen molar-refractivity contribution in [2.24, 2.45) is 0 Å². The molecule has 0 aromatic heterocycles. The number of fused-ring (bicyclic) bond motifs is 2. The van der Waals surface area contributed by atoms with Gasteiger partial charge in [-0.05, 0) is 107 Å². The van der Waals surface area contributed by atoms with Crippen LogP contribution in [0, 0.1) is 0 Å². The van der Waals surface area contributed by atoms with Crippen molar-refractivity contribution >= 4 is 17.1 Å². The smallest absolute Gasteiger partial charge is 0.161 e. The fourth-order valence-electron chi connectivity index (χ4n) is 7.41. The molecule has 62 heavy (non-hydrogen) atoms. The molecule has 0 amide bonds. The highest BCUT2D eigenvalue weighted by Crippen LogP contribution is 2.39. The Morgan fingerprint density at radius 3 is 1.11 bits per heavy atom. The van der Waals surface area contributed by atoms with Gasteiger partial charge in [0.1, 0.15) is 23.0 Å². The van der Waals surface area contributed by atoms with Crippen LogP contribution in [0.25, 0.3) is 0 Å². The van der Waals surface area contributed by atoms with E-state index in [2.05, 4.69) is 122 Å². The van der Waals surface area contributed by atoms with Crippen LogP contribution in [-0.4, -0.2) is 23.7 Å². The molecule has 0 saturated heterocycles. The molecule has 0 unspecified atom stereocenters. The Morgan fingerprint density at radius 1 is 0.452 bits per heavy atom. The molecule has 2 aliphatic rings. The predicted molar refractivity (Wildman–Crippen MR) is 263 cm³/mol. The number of nitrogens with two attached hydrogens (primary N) is 1. The second kappa shape index (κ2) is 21.1. The minimum atomic E-state index is -0.159. The van der Waals surface area contributed by atoms with Crippen LogP contribution >= 0.6 is 0 Å². The van der Waals surface area contributed by atoms with Crippen LogP contribution < -0.4 is 25.0 Å². The van der Waals surface area contributed by atoms with Gasteiger partial charge in [-0.1, -0.05) is 141 Å². The molecule has 326 valence electrons. The summed E-state index contributed by atoms with van der Waals surface area (Å²) in [4.78, 5) is 4.54. The van der Waals surface area contributed by atoms with Gasteiger partial charge < -0.3 is 35.2 Å². The van der Waals surface area contributed by atoms with Crippen molar-refractivity contribution in [2.45, 2.75) is 73.9 Å². The monoisotopic (exact) mass is 835 g/mol. The first-order chi connectivity index (χ1) is 28.5. The van der Waals surface area contributed by atoms with Crippen molar-refractivity contribution in [1.29, 1.82) is 0 Å². The lowest BCUT2D eigenvalue weighted by atomic mass is 9.77. The summed E-state index contributed by atoms with van der Waals surface area (Å²) in [6.07, 6.45) is 0. The Labute approximate surface area is 372 Å². The van der Waals surface area contributed by atoms with Gasteiger partial charge in [-0.2, -0.15) is 0 Å². The number of nitrogen functional groups attached to an aromatic ring is 1. The zero-order valence-corrected chi connectivity index (χ0v) is 34.3. The number of aromatic hydroxyl groups is 2. The third-order valence-corrected chi connectivity index (χ3v) is 11.3. The van der Waals surface area contributed by atoms with Gasteiger partial charge in [-0.25, -0.2) is 0 Å². The molecule has 9 rings (SSSR count). The van der Waals surface area contributed by atoms with E-state index >= 15 is 0 Å². The summed E-state index contributed by atoms with van der Waals surface area (Å²) < 4.78 is 12.2. The number of hydrogen-bond acceptors (Lipinski definition) is 7. The summed E-state index contributed by atoms with van der Waals surface area (Å²) in [5, 5.41) is 18.6. The molecule has 0 spiro atoms. The number of benzene rings is 7. The maximum Gasteiger partial charge on any atom is 0.161 e. The Hall–Kier alpha value is -6.86. The molecule has 0 fully saturated rings. The van der Waals surface area contributed by atoms with E-state index in [1.165, 1.54) is 33.6 Å². The average Bonchev–Trinajstić information content (AvgIpc) is 3.27. The molecule has 7 heteroatoms. The maximum atomic E-state index is 9.30. The van der Waals surface area contributed by atoms with E-state index in [1.54, 1.807) is 24.3 Å². The molecule has 0 radical (unpaired) electrons. The van der Waals surface area contributed by atoms with E-state index in [1.807, 2.05) is 66.7 Å². The van der Waals surface area contributed by atoms with Crippen LogP contribution in [0.15, 0.2) is 176 Å². The number of nitrogens with zero attached hydrogens (tertiary/aromatic N) is 2. The van der Waals surface area contributed by atoms with Crippen molar-refractivity contribution in [1.82, 2.24) is 0 Å². The first kappa shape index (κ1) is 47.8. The van der Waals surface area contributed by atoms with Gasteiger partial charge in [0, 0.05) is 53.5 Å². The van der Waals surface area contributed by atoms with Crippen LogP contribution in [0.2, 0.25) is 0 Å². The average molecular weight is 835 g/mol. The van der Waals surface area contributed by atoms with Crippen LogP contribution in [-0.2, 0) is 23.9 Å². The molecule has 0 saturated carbocycles. The SMILES string of the molecule is C.C.C.CC(C)(c1ccc(O)cc1)c1ccc(O)cc1.CC(C)(c1ccc2c(c1)CN(c1ccccc1)CO2)c1ccc2c(c1)CN(c1ccccc1)CO2.Nc1ccccc1.[2HH]. The van der Waals surface area contributed by atoms with Crippen molar-refractivity contribution < 1.29 is 21.1 Å². The number of anilines is 3. The Balaban J connectivity index is 0.000000316. The van der Waals surface area contributed by atoms with Crippen LogP contribution in [0.4, 0.5) is 17.1 Å². The van der Waals surface area contributed by atoms with E-state index in [4.69, 9.17) is 15.2 Å². The Bertz CT molecular complexity index is 2280. The first-order valence-corrected chi connectivity index (χ1v) is 20.0. The summed E-state index contributed by atoms with van der Waals surface area (Å²) in [7, 11) is 0. The minimum absolute atomic E-state index is 0. The summed E-state index contributed by atoms with van der Waals surface area (Å²) in [5.74, 6) is 2.51. The lowest BCUT2D eigenvalue weighted by Gasteiger charge is -2.34. The number of hydrogen-bond donors (Lipinski definition) is 3. The molecular formula is C55H67N3O4. The topological polar surface area (TPSA) is 91.4 Å². The quantitative estimate of drug-likeness (QED) is 0.144. The molecule has 4 N–H and O–H groups in total. The standard InChI is InChI=1S/C31H30N2O2.C15H16O2.C6H7N.3CH4.H2/c1-31(2,25-13-15-29-23(17-25)19-32(21-34-29)27-9-5-3-6-10-27)26-14-16-30-24(18-26)20-33(22-35-30)28-11-7-4-8-12-28;1-15(2,11-3-7-13(16)8-4-11)12-5-9-14(17)10-6-12;7-6-4-2-1-3-5-6;;;;/h3-18H,19-22H2,1-2H3;3-10,16-17H,1-2H3;1-5H,7H2;3*1H4;1H/i;;;;;;1+1. The molecule has 7 aromatic carbocycles. The molecule has 0 aliphatic carbocycles. The van der Waals surface area contributed by atoms with Crippen molar-refractivity contribution in [2.75, 3.05) is 29.0 Å². The maximum absolute atomic E-state index is 9.30. The highest BCUT2D eigenvalue weighted by Gasteiger charge is 2.28. The number of rotatable bonds is 6. The first-order valence-electron chi connectivity index (χ1n) is 20.0. The van der Waals surface area contributed by atoms with Crippen LogP contribution in [0.5, 0.6) is 23.0 Å². The summed E-state index contributed by atoms with van der Waals surface area (Å²) in [6, 6.07) is 58.2. The zero-order chi connectivity index (χ0) is 41.4. The molecule has 0 bridgehead atoms. The number of para-hydroxylation sites is 3. The normalized spacial score (nSPS) is 12.6. The lowest BCUT2D eigenvalue weighted by molar-refractivity contribution is 0.288. The van der Waals surface area contributed by atoms with E-state index in [-0.39, 0.29) is 46.0 Å². The Kier molecular flexibility index (Phi) is 16.3. The second-order valence-corrected chi connectivity index (χ2v) is 16.0. The molecule has 7 nitrogen and oxygen atoms in total. The summed E-state index contributed by atoms with van der Waals surface area (Å²) >= 11 is 0. The van der Waals surface area contributed by atoms with E-state index in [0.717, 1.165) is 41.4 Å². The van der Waals surface area contributed by atoms with Crippen LogP contribution in [0.3, 0.4) is 0 Å². The van der Waals surface area contributed by atoms with Crippen molar-refractivity contribution in [3.8, 4) is 23.0 Å². The number of phenols is 2. The third kappa shape index (κ3) is 11.3. The third-order valence-electron chi connectivity index (χ3n) is 11.3. The van der Waals surface area contributed by atoms with Gasteiger partial charge in [0.05, 0.1) is 0 Å². The van der Waals surface area contributed by atoms with E-state index in [0.29, 0.717) is 13.5 Å². The fourth-order valence-corrected chi connectivity index (χ4v) is 7.41. The van der Waals surface area contributed by atoms with Gasteiger partial charge in [-0.15, -0.1) is 0 Å². The second-order valence-electron chi connectivity index (χ2n) is 16.0. The van der Waals surface area contributed by atoms with Gasteiger partial charge in [0.15, 0.2) is 13.5 Å². The fraction of sp³-hybridized carbons (Fsp3) is 0.236. The number of ether oxygens (including phenoxy) is 2. The molecule has 0 atom stereocenters. The predicted octanol–water partition coefficient (Wildman–Crippen LogP) is 13.6. The van der Waals surface area contributed by atoms with Gasteiger partial charge in [0.2, 0.25) is 0 Å². The van der Waals surface area contributed by atoms with Crippen molar-refractivity contribution in [3.63, 3.8) is 0 Å². The van der Waals surface area contributed by atoms with E-state index in [9.17, 15) is 10.2 Å². The molecular weight excluding hydrogens is 767 g/mol. The van der Waals surface area contributed by atoms with Crippen molar-refractivity contribution in [3.05, 3.63) is 209 Å². The zero-order valence-electron chi connectivity index (χ0n) is 34.3. The van der Waals surface area contributed by atoms with E-state index < -0.39 is 0 Å². The van der Waals surface area contributed by atoms with Gasteiger partial charge in [-0.3, -0.25) is 0 Å². The van der Waals surface area contributed by atoms with Crippen LogP contribution in [0.1, 0.15) is 84.8 Å². The molecule has 2 heterocycles. The largest absolute Gasteiger partial charge is 0.508 e. The summed E-state index contributed by atoms with van der Waals surface area (Å²) in [5.41, 5.74) is 15.5.